The van der Waals surface area contributed by atoms with E-state index in [0.717, 1.165) is 38.2 Å². The third-order valence-corrected chi connectivity index (χ3v) is 3.83. The zero-order valence-electron chi connectivity index (χ0n) is 11.3. The molecule has 0 amide bonds. The predicted octanol–water partition coefficient (Wildman–Crippen LogP) is 1.50. The molecule has 1 atom stereocenters. The predicted molar refractivity (Wildman–Crippen MR) is 74.5 cm³/mol. The molecule has 1 aliphatic rings. The lowest BCUT2D eigenvalue weighted by Gasteiger charge is -2.39. The molecule has 1 fully saturated rings. The van der Waals surface area contributed by atoms with Gasteiger partial charge in [-0.15, -0.1) is 0 Å². The number of anilines is 1. The van der Waals surface area contributed by atoms with Crippen LogP contribution in [0.15, 0.2) is 18.2 Å². The Morgan fingerprint density at radius 3 is 2.89 bits per heavy atom. The molecule has 0 aromatic heterocycles. The highest BCUT2D eigenvalue weighted by molar-refractivity contribution is 5.47. The van der Waals surface area contributed by atoms with Crippen molar-refractivity contribution in [1.82, 2.24) is 9.80 Å². The molecule has 3 N–H and O–H groups in total. The second-order valence-electron chi connectivity index (χ2n) is 5.17. The Morgan fingerprint density at radius 1 is 1.39 bits per heavy atom. The maximum absolute atomic E-state index is 9.85. The van der Waals surface area contributed by atoms with Gasteiger partial charge in [0.15, 0.2) is 0 Å². The Hall–Kier alpha value is -1.26. The lowest BCUT2D eigenvalue weighted by Crippen LogP contribution is -2.50. The number of aromatic hydroxyl groups is 1. The Kier molecular flexibility index (Phi) is 4.09. The van der Waals surface area contributed by atoms with Crippen LogP contribution in [0.25, 0.3) is 0 Å². The van der Waals surface area contributed by atoms with E-state index >= 15 is 0 Å². The summed E-state index contributed by atoms with van der Waals surface area (Å²) < 4.78 is 0. The van der Waals surface area contributed by atoms with Gasteiger partial charge in [0.2, 0.25) is 0 Å². The number of phenols is 1. The van der Waals surface area contributed by atoms with E-state index in [4.69, 9.17) is 5.73 Å². The van der Waals surface area contributed by atoms with Crippen molar-refractivity contribution in [2.75, 3.05) is 32.4 Å². The summed E-state index contributed by atoms with van der Waals surface area (Å²) in [6.07, 6.45) is 1.16. The van der Waals surface area contributed by atoms with E-state index < -0.39 is 0 Å². The monoisotopic (exact) mass is 249 g/mol. The van der Waals surface area contributed by atoms with Gasteiger partial charge in [-0.1, -0.05) is 6.92 Å². The topological polar surface area (TPSA) is 52.7 Å². The fourth-order valence-corrected chi connectivity index (χ4v) is 2.57. The molecule has 1 aromatic rings. The number of hydrogen-bond donors (Lipinski definition) is 2. The normalized spacial score (nSPS) is 22.2. The van der Waals surface area contributed by atoms with Crippen molar-refractivity contribution in [1.29, 1.82) is 0 Å². The molecule has 1 heterocycles. The van der Waals surface area contributed by atoms with Crippen molar-refractivity contribution in [2.45, 2.75) is 25.9 Å². The Bertz CT molecular complexity index is 408. The first kappa shape index (κ1) is 13.2. The first-order valence-corrected chi connectivity index (χ1v) is 6.60. The van der Waals surface area contributed by atoms with E-state index in [1.165, 1.54) is 0 Å². The van der Waals surface area contributed by atoms with Gasteiger partial charge in [-0.3, -0.25) is 4.90 Å². The number of nitrogen functional groups attached to an aromatic ring is 1. The second-order valence-corrected chi connectivity index (χ2v) is 5.17. The molecule has 0 spiro atoms. The maximum Gasteiger partial charge on any atom is 0.120 e. The molecule has 4 nitrogen and oxygen atoms in total. The Morgan fingerprint density at radius 2 is 2.17 bits per heavy atom. The van der Waals surface area contributed by atoms with Crippen LogP contribution >= 0.6 is 0 Å². The number of likely N-dealkylation sites (N-methyl/N-ethyl adjacent to an activating group) is 1. The summed E-state index contributed by atoms with van der Waals surface area (Å²) in [6, 6.07) is 5.89. The average molecular weight is 249 g/mol. The molecule has 100 valence electrons. The fraction of sp³-hybridized carbons (Fsp3) is 0.571. The largest absolute Gasteiger partial charge is 0.508 e. The number of rotatable bonds is 3. The summed E-state index contributed by atoms with van der Waals surface area (Å²) in [5.41, 5.74) is 7.41. The maximum atomic E-state index is 9.85. The molecule has 1 saturated heterocycles. The number of hydrogen-bond acceptors (Lipinski definition) is 4. The number of nitrogens with two attached hydrogens (primary N) is 1. The lowest BCUT2D eigenvalue weighted by atomic mass is 10.1. The van der Waals surface area contributed by atoms with E-state index in [2.05, 4.69) is 23.8 Å². The molecule has 18 heavy (non-hydrogen) atoms. The zero-order chi connectivity index (χ0) is 13.1. The average Bonchev–Trinajstić information content (AvgIpc) is 2.36. The minimum atomic E-state index is 0.344. The molecule has 0 bridgehead atoms. The third kappa shape index (κ3) is 2.94. The molecular formula is C14H23N3O. The van der Waals surface area contributed by atoms with Crippen LogP contribution in [0.5, 0.6) is 5.75 Å². The van der Waals surface area contributed by atoms with Crippen LogP contribution in [-0.2, 0) is 6.54 Å². The van der Waals surface area contributed by atoms with Crippen LogP contribution in [0.4, 0.5) is 5.69 Å². The van der Waals surface area contributed by atoms with Crippen LogP contribution < -0.4 is 5.73 Å². The summed E-state index contributed by atoms with van der Waals surface area (Å²) in [6.45, 7) is 6.19. The number of phenolic OH excluding ortho intramolecular Hbond substituents is 1. The van der Waals surface area contributed by atoms with Crippen LogP contribution in [0, 0.1) is 0 Å². The lowest BCUT2D eigenvalue weighted by molar-refractivity contribution is 0.0878. The highest BCUT2D eigenvalue weighted by Gasteiger charge is 2.23. The van der Waals surface area contributed by atoms with Crippen LogP contribution in [-0.4, -0.2) is 47.6 Å². The van der Waals surface area contributed by atoms with Gasteiger partial charge in [0, 0.05) is 43.5 Å². The van der Waals surface area contributed by atoms with Crippen LogP contribution in [0.2, 0.25) is 0 Å². The van der Waals surface area contributed by atoms with Crippen molar-refractivity contribution in [2.24, 2.45) is 0 Å². The van der Waals surface area contributed by atoms with Crippen molar-refractivity contribution in [3.05, 3.63) is 23.8 Å². The first-order chi connectivity index (χ1) is 8.60. The van der Waals surface area contributed by atoms with Crippen LogP contribution in [0.3, 0.4) is 0 Å². The summed E-state index contributed by atoms with van der Waals surface area (Å²) in [5, 5.41) is 9.85. The van der Waals surface area contributed by atoms with E-state index in [9.17, 15) is 5.11 Å². The molecule has 0 saturated carbocycles. The second kappa shape index (κ2) is 5.59. The molecule has 1 aromatic carbocycles. The highest BCUT2D eigenvalue weighted by Crippen LogP contribution is 2.22. The van der Waals surface area contributed by atoms with Crippen molar-refractivity contribution >= 4 is 5.69 Å². The number of nitrogens with zero attached hydrogens (tertiary/aromatic N) is 2. The third-order valence-electron chi connectivity index (χ3n) is 3.83. The van der Waals surface area contributed by atoms with E-state index in [0.29, 0.717) is 17.5 Å². The standard InChI is InChI=1S/C14H23N3O/c1-3-13-10-17(7-6-16(13)2)9-11-8-12(15)4-5-14(11)18/h4-5,8,13,18H,3,6-7,9-10,15H2,1-2H3. The van der Waals surface area contributed by atoms with E-state index in [1.54, 1.807) is 12.1 Å². The van der Waals surface area contributed by atoms with Crippen molar-refractivity contribution in [3.8, 4) is 5.75 Å². The smallest absolute Gasteiger partial charge is 0.120 e. The molecule has 1 unspecified atom stereocenters. The minimum absolute atomic E-state index is 0.344. The zero-order valence-corrected chi connectivity index (χ0v) is 11.3. The summed E-state index contributed by atoms with van der Waals surface area (Å²) in [5.74, 6) is 0.344. The van der Waals surface area contributed by atoms with Gasteiger partial charge in [0.25, 0.3) is 0 Å². The molecule has 2 rings (SSSR count). The summed E-state index contributed by atoms with van der Waals surface area (Å²) in [7, 11) is 2.18. The first-order valence-electron chi connectivity index (χ1n) is 6.60. The fourth-order valence-electron chi connectivity index (χ4n) is 2.57. The van der Waals surface area contributed by atoms with Crippen molar-refractivity contribution in [3.63, 3.8) is 0 Å². The van der Waals surface area contributed by atoms with Gasteiger partial charge in [-0.2, -0.15) is 0 Å². The Balaban J connectivity index is 2.03. The molecule has 0 aliphatic carbocycles. The van der Waals surface area contributed by atoms with Gasteiger partial charge >= 0.3 is 0 Å². The summed E-state index contributed by atoms with van der Waals surface area (Å²) >= 11 is 0. The van der Waals surface area contributed by atoms with Crippen molar-refractivity contribution < 1.29 is 5.11 Å². The van der Waals surface area contributed by atoms with Gasteiger partial charge < -0.3 is 15.7 Å². The van der Waals surface area contributed by atoms with Crippen LogP contribution in [0.1, 0.15) is 18.9 Å². The van der Waals surface area contributed by atoms with Gasteiger partial charge in [-0.25, -0.2) is 0 Å². The number of benzene rings is 1. The van der Waals surface area contributed by atoms with E-state index in [1.807, 2.05) is 6.07 Å². The molecular weight excluding hydrogens is 226 g/mol. The summed E-state index contributed by atoms with van der Waals surface area (Å²) in [4.78, 5) is 4.80. The molecule has 1 aliphatic heterocycles. The molecule has 4 heteroatoms. The van der Waals surface area contributed by atoms with Gasteiger partial charge in [0.05, 0.1) is 0 Å². The SMILES string of the molecule is CCC1CN(Cc2cc(N)ccc2O)CCN1C. The van der Waals surface area contributed by atoms with Gasteiger partial charge in [-0.05, 0) is 31.7 Å². The number of piperazine rings is 1. The Labute approximate surface area is 109 Å². The van der Waals surface area contributed by atoms with Gasteiger partial charge in [0.1, 0.15) is 5.75 Å². The minimum Gasteiger partial charge on any atom is -0.508 e. The quantitative estimate of drug-likeness (QED) is 0.629. The molecule has 0 radical (unpaired) electrons. The highest BCUT2D eigenvalue weighted by atomic mass is 16.3. The van der Waals surface area contributed by atoms with E-state index in [-0.39, 0.29) is 0 Å².